The minimum absolute atomic E-state index is 0.233. The van der Waals surface area contributed by atoms with Crippen molar-refractivity contribution in [3.63, 3.8) is 0 Å². The Morgan fingerprint density at radius 2 is 1.74 bits per heavy atom. The molecule has 0 amide bonds. The molecule has 19 heavy (non-hydrogen) atoms. The first-order chi connectivity index (χ1) is 8.79. The Morgan fingerprint density at radius 1 is 1.05 bits per heavy atom. The van der Waals surface area contributed by atoms with E-state index in [1.54, 1.807) is 6.07 Å². The molecule has 2 rings (SSSR count). The summed E-state index contributed by atoms with van der Waals surface area (Å²) in [6.45, 7) is 0. The van der Waals surface area contributed by atoms with Crippen molar-refractivity contribution in [3.8, 4) is 11.3 Å². The van der Waals surface area contributed by atoms with Crippen LogP contribution in [0.1, 0.15) is 5.56 Å². The molecule has 0 spiro atoms. The first kappa shape index (κ1) is 14.0. The van der Waals surface area contributed by atoms with Crippen LogP contribution >= 0.6 is 23.2 Å². The van der Waals surface area contributed by atoms with Crippen LogP contribution < -0.4 is 5.43 Å². The normalized spacial score (nSPS) is 11.6. The number of pyridine rings is 1. The first-order valence-corrected chi connectivity index (χ1v) is 5.80. The number of rotatable bonds is 1. The van der Waals surface area contributed by atoms with Crippen LogP contribution in [0.2, 0.25) is 10.0 Å². The van der Waals surface area contributed by atoms with E-state index in [0.717, 1.165) is 6.07 Å². The number of H-pyrrole nitrogens is 1. The van der Waals surface area contributed by atoms with Crippen LogP contribution in [0, 0.1) is 0 Å². The molecule has 0 saturated carbocycles. The Bertz CT molecular complexity index is 679. The molecule has 0 unspecified atom stereocenters. The Balaban J connectivity index is 2.51. The van der Waals surface area contributed by atoms with E-state index in [2.05, 4.69) is 4.98 Å². The fourth-order valence-electron chi connectivity index (χ4n) is 1.52. The number of benzene rings is 1. The van der Waals surface area contributed by atoms with Gasteiger partial charge in [-0.25, -0.2) is 0 Å². The van der Waals surface area contributed by atoms with E-state index in [1.165, 1.54) is 12.1 Å². The summed E-state index contributed by atoms with van der Waals surface area (Å²) in [4.78, 5) is 13.8. The number of aromatic nitrogens is 1. The van der Waals surface area contributed by atoms with Crippen molar-refractivity contribution in [2.75, 3.05) is 0 Å². The smallest absolute Gasteiger partial charge is 0.360 e. The quantitative estimate of drug-likeness (QED) is 0.834. The van der Waals surface area contributed by atoms with Gasteiger partial charge in [0.05, 0.1) is 10.0 Å². The summed E-state index contributed by atoms with van der Waals surface area (Å²) in [5, 5.41) is 0.569. The van der Waals surface area contributed by atoms with Gasteiger partial charge >= 0.3 is 6.18 Å². The van der Waals surface area contributed by atoms with Gasteiger partial charge in [-0.05, 0) is 17.7 Å². The molecule has 1 aromatic carbocycles. The van der Waals surface area contributed by atoms with E-state index in [0.29, 0.717) is 16.8 Å². The van der Waals surface area contributed by atoms with E-state index in [-0.39, 0.29) is 10.7 Å². The second kappa shape index (κ2) is 4.90. The van der Waals surface area contributed by atoms with E-state index in [1.807, 2.05) is 0 Å². The van der Waals surface area contributed by atoms with Crippen molar-refractivity contribution in [3.05, 3.63) is 56.3 Å². The van der Waals surface area contributed by atoms with Crippen molar-refractivity contribution in [2.24, 2.45) is 0 Å². The highest BCUT2D eigenvalue weighted by Crippen LogP contribution is 2.29. The average Bonchev–Trinajstić information content (AvgIpc) is 2.31. The van der Waals surface area contributed by atoms with E-state index in [4.69, 9.17) is 23.2 Å². The van der Waals surface area contributed by atoms with Crippen LogP contribution in [0.4, 0.5) is 13.2 Å². The van der Waals surface area contributed by atoms with E-state index in [9.17, 15) is 18.0 Å². The van der Waals surface area contributed by atoms with Gasteiger partial charge in [-0.2, -0.15) is 13.2 Å². The molecule has 1 aromatic heterocycles. The molecule has 0 bridgehead atoms. The van der Waals surface area contributed by atoms with Crippen LogP contribution in [0.5, 0.6) is 0 Å². The maximum absolute atomic E-state index is 12.4. The summed E-state index contributed by atoms with van der Waals surface area (Å²) in [6.07, 6.45) is -4.04. The lowest BCUT2D eigenvalue weighted by molar-refractivity contribution is -0.138. The highest BCUT2D eigenvalue weighted by atomic mass is 35.5. The molecule has 2 nitrogen and oxygen atoms in total. The molecule has 7 heteroatoms. The van der Waals surface area contributed by atoms with Gasteiger partial charge in [0.25, 0.3) is 0 Å². The molecular weight excluding hydrogens is 302 g/mol. The number of halogens is 5. The molecule has 100 valence electrons. The summed E-state index contributed by atoms with van der Waals surface area (Å²) in [5.74, 6) is 0. The third kappa shape index (κ3) is 2.93. The summed E-state index contributed by atoms with van der Waals surface area (Å²) < 4.78 is 37.3. The molecule has 0 aliphatic heterocycles. The maximum atomic E-state index is 12.4. The predicted molar refractivity (Wildman–Crippen MR) is 67.5 cm³/mol. The molecule has 0 fully saturated rings. The Morgan fingerprint density at radius 3 is 2.26 bits per heavy atom. The highest BCUT2D eigenvalue weighted by Gasteiger charge is 2.33. The second-order valence-corrected chi connectivity index (χ2v) is 4.57. The first-order valence-electron chi connectivity index (χ1n) is 5.04. The van der Waals surface area contributed by atoms with Gasteiger partial charge in [0.1, 0.15) is 5.56 Å². The average molecular weight is 308 g/mol. The minimum Gasteiger partial charge on any atom is -0.360 e. The number of alkyl halides is 3. The van der Waals surface area contributed by atoms with Gasteiger partial charge in [-0.1, -0.05) is 29.3 Å². The van der Waals surface area contributed by atoms with Gasteiger partial charge in [0.2, 0.25) is 0 Å². The lowest BCUT2D eigenvalue weighted by Crippen LogP contribution is -2.18. The Labute approximate surface area is 115 Å². The zero-order valence-electron chi connectivity index (χ0n) is 9.18. The Hall–Kier alpha value is -1.46. The van der Waals surface area contributed by atoms with Crippen LogP contribution in [0.25, 0.3) is 11.3 Å². The number of hydrogen-bond donors (Lipinski definition) is 1. The molecule has 0 atom stereocenters. The van der Waals surface area contributed by atoms with Crippen molar-refractivity contribution in [2.45, 2.75) is 6.18 Å². The SMILES string of the molecule is O=c1cc(-c2ccc(Cl)c(Cl)c2)[nH]cc1C(F)(F)F. The van der Waals surface area contributed by atoms with Crippen molar-refractivity contribution >= 4 is 23.2 Å². The van der Waals surface area contributed by atoms with Crippen molar-refractivity contribution in [1.29, 1.82) is 0 Å². The molecule has 0 radical (unpaired) electrons. The fraction of sp³-hybridized carbons (Fsp3) is 0.0833. The molecular formula is C12H6Cl2F3NO. The fourth-order valence-corrected chi connectivity index (χ4v) is 1.82. The molecule has 1 heterocycles. The van der Waals surface area contributed by atoms with Crippen molar-refractivity contribution in [1.82, 2.24) is 4.98 Å². The third-order valence-corrected chi connectivity index (χ3v) is 3.19. The number of aromatic amines is 1. The lowest BCUT2D eigenvalue weighted by Gasteiger charge is -2.07. The second-order valence-electron chi connectivity index (χ2n) is 3.75. The number of hydrogen-bond acceptors (Lipinski definition) is 1. The van der Waals surface area contributed by atoms with Crippen molar-refractivity contribution < 1.29 is 13.2 Å². The standard InChI is InChI=1S/C12H6Cl2F3NO/c13-8-2-1-6(3-9(8)14)10-4-11(19)7(5-18-10)12(15,16)17/h1-5H,(H,18,19). The molecule has 1 N–H and O–H groups in total. The third-order valence-electron chi connectivity index (χ3n) is 2.45. The summed E-state index contributed by atoms with van der Waals surface area (Å²) in [5.41, 5.74) is -1.64. The Kier molecular flexibility index (Phi) is 3.60. The summed E-state index contributed by atoms with van der Waals surface area (Å²) in [6, 6.07) is 5.38. The molecule has 0 saturated heterocycles. The minimum atomic E-state index is -4.68. The maximum Gasteiger partial charge on any atom is 0.421 e. The number of nitrogens with one attached hydrogen (secondary N) is 1. The van der Waals surface area contributed by atoms with E-state index < -0.39 is 17.2 Å². The monoisotopic (exact) mass is 307 g/mol. The van der Waals surface area contributed by atoms with Crippen LogP contribution in [0.3, 0.4) is 0 Å². The summed E-state index contributed by atoms with van der Waals surface area (Å²) in [7, 11) is 0. The van der Waals surface area contributed by atoms with Gasteiger partial charge in [-0.3, -0.25) is 4.79 Å². The zero-order chi connectivity index (χ0) is 14.2. The van der Waals surface area contributed by atoms with Gasteiger partial charge in [0, 0.05) is 18.0 Å². The molecule has 0 aliphatic carbocycles. The lowest BCUT2D eigenvalue weighted by atomic mass is 10.1. The van der Waals surface area contributed by atoms with Crippen LogP contribution in [-0.4, -0.2) is 4.98 Å². The van der Waals surface area contributed by atoms with Crippen LogP contribution in [0.15, 0.2) is 35.3 Å². The molecule has 0 aliphatic rings. The largest absolute Gasteiger partial charge is 0.421 e. The van der Waals surface area contributed by atoms with Gasteiger partial charge < -0.3 is 4.98 Å². The van der Waals surface area contributed by atoms with Crippen LogP contribution in [-0.2, 0) is 6.18 Å². The van der Waals surface area contributed by atoms with Gasteiger partial charge in [0.15, 0.2) is 5.43 Å². The highest BCUT2D eigenvalue weighted by molar-refractivity contribution is 6.42. The predicted octanol–water partition coefficient (Wildman–Crippen LogP) is 4.37. The van der Waals surface area contributed by atoms with E-state index >= 15 is 0 Å². The summed E-state index contributed by atoms with van der Waals surface area (Å²) >= 11 is 11.5. The molecule has 2 aromatic rings. The van der Waals surface area contributed by atoms with Gasteiger partial charge in [-0.15, -0.1) is 0 Å². The topological polar surface area (TPSA) is 32.9 Å². The zero-order valence-corrected chi connectivity index (χ0v) is 10.7.